The van der Waals surface area contributed by atoms with E-state index in [1.54, 1.807) is 0 Å². The summed E-state index contributed by atoms with van der Waals surface area (Å²) >= 11 is 0. The second-order valence-corrected chi connectivity index (χ2v) is 19.8. The fourth-order valence-electron chi connectivity index (χ4n) is 12.1. The highest BCUT2D eigenvalue weighted by atomic mass is 15.2. The number of aromatic nitrogens is 5. The first-order chi connectivity index (χ1) is 35.5. The van der Waals surface area contributed by atoms with Gasteiger partial charge in [0.25, 0.3) is 0 Å². The quantitative estimate of drug-likeness (QED) is 0.167. The summed E-state index contributed by atoms with van der Waals surface area (Å²) in [5, 5.41) is 7.26. The highest BCUT2D eigenvalue weighted by Crippen LogP contribution is 2.51. The van der Waals surface area contributed by atoms with Gasteiger partial charge in [-0.1, -0.05) is 166 Å². The first kappa shape index (κ1) is 40.6. The van der Waals surface area contributed by atoms with Crippen LogP contribution in [0.25, 0.3) is 128 Å². The molecule has 4 heterocycles. The average Bonchev–Trinajstić information content (AvgIpc) is 4.13. The van der Waals surface area contributed by atoms with Gasteiger partial charge in [-0.05, 0) is 118 Å². The van der Waals surface area contributed by atoms with Gasteiger partial charge >= 0.3 is 0 Å². The molecule has 0 radical (unpaired) electrons. The minimum absolute atomic E-state index is 0.122. The molecule has 72 heavy (non-hydrogen) atoms. The van der Waals surface area contributed by atoms with Gasteiger partial charge in [0.15, 0.2) is 0 Å². The van der Waals surface area contributed by atoms with Crippen LogP contribution in [0.2, 0.25) is 0 Å². The largest absolute Gasteiger partial charge is 0.309 e. The van der Waals surface area contributed by atoms with E-state index < -0.39 is 0 Å². The maximum atomic E-state index is 5.52. The average molecular weight is 920 g/mol. The van der Waals surface area contributed by atoms with E-state index in [1.165, 1.54) is 71.4 Å². The maximum Gasteiger partial charge on any atom is 0.235 e. The molecule has 0 unspecified atom stereocenters. The van der Waals surface area contributed by atoms with Crippen molar-refractivity contribution >= 4 is 65.4 Å². The Morgan fingerprint density at radius 1 is 0.292 bits per heavy atom. The second kappa shape index (κ2) is 15.3. The van der Waals surface area contributed by atoms with Gasteiger partial charge in [-0.15, -0.1) is 0 Å². The van der Waals surface area contributed by atoms with Crippen molar-refractivity contribution in [1.29, 1.82) is 0 Å². The van der Waals surface area contributed by atoms with Gasteiger partial charge in [-0.3, -0.25) is 4.57 Å². The molecular weight excluding hydrogens is 875 g/mol. The van der Waals surface area contributed by atoms with Gasteiger partial charge in [-0.25, -0.2) is 9.97 Å². The summed E-state index contributed by atoms with van der Waals surface area (Å²) in [5.41, 5.74) is 20.5. The fourth-order valence-corrected chi connectivity index (χ4v) is 12.1. The highest BCUT2D eigenvalue weighted by Gasteiger charge is 2.36. The zero-order valence-corrected chi connectivity index (χ0v) is 39.8. The normalized spacial score (nSPS) is 13.0. The lowest BCUT2D eigenvalue weighted by atomic mass is 9.82. The molecule has 5 nitrogen and oxygen atoms in total. The van der Waals surface area contributed by atoms with Crippen molar-refractivity contribution in [3.63, 3.8) is 0 Å². The molecule has 1 aliphatic rings. The Kier molecular flexibility index (Phi) is 8.64. The lowest BCUT2D eigenvalue weighted by Crippen LogP contribution is -2.14. The van der Waals surface area contributed by atoms with Crippen LogP contribution in [0.15, 0.2) is 237 Å². The Balaban J connectivity index is 0.894. The van der Waals surface area contributed by atoms with Crippen LogP contribution in [0.3, 0.4) is 0 Å². The van der Waals surface area contributed by atoms with Crippen LogP contribution in [0.5, 0.6) is 0 Å². The van der Waals surface area contributed by atoms with Gasteiger partial charge in [0, 0.05) is 60.2 Å². The van der Waals surface area contributed by atoms with Gasteiger partial charge in [-0.2, -0.15) is 0 Å². The summed E-state index contributed by atoms with van der Waals surface area (Å²) in [4.78, 5) is 10.9. The van der Waals surface area contributed by atoms with Crippen LogP contribution < -0.4 is 0 Å². The zero-order chi connectivity index (χ0) is 47.7. The Bertz CT molecular complexity index is 4530. The van der Waals surface area contributed by atoms with Crippen LogP contribution in [-0.2, 0) is 5.41 Å². The van der Waals surface area contributed by atoms with E-state index in [2.05, 4.69) is 264 Å². The van der Waals surface area contributed by atoms with Gasteiger partial charge in [0.2, 0.25) is 5.95 Å². The molecule has 0 saturated carbocycles. The molecule has 0 saturated heterocycles. The van der Waals surface area contributed by atoms with E-state index in [-0.39, 0.29) is 5.41 Å². The van der Waals surface area contributed by atoms with Crippen molar-refractivity contribution in [2.24, 2.45) is 0 Å². The Hall–Kier alpha value is -9.32. The van der Waals surface area contributed by atoms with Gasteiger partial charge in [0.05, 0.1) is 44.5 Å². The monoisotopic (exact) mass is 919 g/mol. The van der Waals surface area contributed by atoms with Crippen LogP contribution in [0.1, 0.15) is 25.0 Å². The van der Waals surface area contributed by atoms with Crippen LogP contribution >= 0.6 is 0 Å². The topological polar surface area (TPSA) is 40.6 Å². The molecule has 0 atom stereocenters. The Labute approximate surface area is 416 Å². The molecule has 5 heteroatoms. The highest BCUT2D eigenvalue weighted by molar-refractivity contribution is 6.14. The van der Waals surface area contributed by atoms with E-state index in [9.17, 15) is 0 Å². The first-order valence-corrected chi connectivity index (χ1v) is 24.8. The van der Waals surface area contributed by atoms with Crippen molar-refractivity contribution in [2.75, 3.05) is 0 Å². The lowest BCUT2D eigenvalue weighted by molar-refractivity contribution is 0.661. The summed E-state index contributed by atoms with van der Waals surface area (Å²) in [6.07, 6.45) is 0. The Morgan fingerprint density at radius 3 is 1.44 bits per heavy atom. The molecule has 15 rings (SSSR count). The summed E-state index contributed by atoms with van der Waals surface area (Å²) in [7, 11) is 0. The molecule has 14 aromatic rings. The van der Waals surface area contributed by atoms with E-state index in [0.717, 1.165) is 61.3 Å². The van der Waals surface area contributed by atoms with Crippen molar-refractivity contribution in [3.05, 3.63) is 248 Å². The predicted molar refractivity (Wildman–Crippen MR) is 299 cm³/mol. The minimum Gasteiger partial charge on any atom is -0.309 e. The van der Waals surface area contributed by atoms with Crippen molar-refractivity contribution < 1.29 is 0 Å². The number of hydrogen-bond donors (Lipinski definition) is 0. The van der Waals surface area contributed by atoms with Crippen LogP contribution in [-0.4, -0.2) is 23.7 Å². The van der Waals surface area contributed by atoms with E-state index in [1.807, 2.05) is 0 Å². The molecule has 338 valence electrons. The zero-order valence-electron chi connectivity index (χ0n) is 39.8. The molecule has 0 aliphatic heterocycles. The third-order valence-corrected chi connectivity index (χ3v) is 15.5. The lowest BCUT2D eigenvalue weighted by Gasteiger charge is -2.21. The maximum absolute atomic E-state index is 5.52. The van der Waals surface area contributed by atoms with Gasteiger partial charge in [0.1, 0.15) is 0 Å². The van der Waals surface area contributed by atoms with E-state index in [0.29, 0.717) is 5.95 Å². The number of hydrogen-bond acceptors (Lipinski definition) is 2. The summed E-state index contributed by atoms with van der Waals surface area (Å²) in [5.74, 6) is 0.625. The molecule has 0 spiro atoms. The number of rotatable bonds is 6. The fraction of sp³-hybridized carbons (Fsp3) is 0.0448. The summed E-state index contributed by atoms with van der Waals surface area (Å²) in [6, 6.07) is 85.9. The molecule has 10 aromatic carbocycles. The predicted octanol–water partition coefficient (Wildman–Crippen LogP) is 17.1. The molecule has 0 amide bonds. The first-order valence-electron chi connectivity index (χ1n) is 24.8. The Morgan fingerprint density at radius 2 is 0.778 bits per heavy atom. The third-order valence-electron chi connectivity index (χ3n) is 15.5. The number of benzene rings is 10. The number of nitrogens with zero attached hydrogens (tertiary/aromatic N) is 5. The summed E-state index contributed by atoms with van der Waals surface area (Å²) < 4.78 is 7.06. The molecular formula is C67H45N5. The molecule has 0 bridgehead atoms. The molecule has 0 N–H and O–H groups in total. The van der Waals surface area contributed by atoms with E-state index in [4.69, 9.17) is 9.97 Å². The SMILES string of the molecule is CC1(C)c2ccccc2-c2cc3c4ccccc4n(-c4cccc(-c5cc(-c6ccccc6)nc(-n6c7ccccc7c7cc(-c8ccc9c(c8)c8ccccc8n9-c8ccccc8)ccc76)n5)c4)c3cc21. The third kappa shape index (κ3) is 5.94. The minimum atomic E-state index is -0.122. The number of fused-ring (bicyclic) bond motifs is 12. The standard InChI is InChI=1S/C67H45N5/c1-67(2)56-28-13-9-24-48(56)52-39-55-51-27-11-15-30-61(51)71(65(55)40-57(52)67)47-23-17-20-45(36-47)59-41-58(42-18-5-3-6-19-42)68-66(69-59)72-62-31-16-12-26-50(62)54-38-44(33-35-64(54)72)43-32-34-63-53(37-43)49-25-10-14-29-60(49)70(63)46-21-7-4-8-22-46/h3-41H,1-2H3. The van der Waals surface area contributed by atoms with Gasteiger partial charge < -0.3 is 9.13 Å². The molecule has 1 aliphatic carbocycles. The van der Waals surface area contributed by atoms with Crippen molar-refractivity contribution in [3.8, 4) is 62.1 Å². The summed E-state index contributed by atoms with van der Waals surface area (Å²) in [6.45, 7) is 4.72. The number of para-hydroxylation sites is 4. The molecule has 4 aromatic heterocycles. The smallest absolute Gasteiger partial charge is 0.235 e. The van der Waals surface area contributed by atoms with Crippen molar-refractivity contribution in [2.45, 2.75) is 19.3 Å². The van der Waals surface area contributed by atoms with E-state index >= 15 is 0 Å². The molecule has 0 fully saturated rings. The van der Waals surface area contributed by atoms with Crippen LogP contribution in [0, 0.1) is 0 Å². The van der Waals surface area contributed by atoms with Crippen LogP contribution in [0.4, 0.5) is 0 Å². The van der Waals surface area contributed by atoms with Crippen molar-refractivity contribution in [1.82, 2.24) is 23.7 Å². The second-order valence-electron chi connectivity index (χ2n) is 19.8.